The molecule has 2 aromatic heterocycles. The highest BCUT2D eigenvalue weighted by Gasteiger charge is 2.36. The number of aromatic amines is 2. The summed E-state index contributed by atoms with van der Waals surface area (Å²) in [6.07, 6.45) is 4.36. The molecule has 0 unspecified atom stereocenters. The summed E-state index contributed by atoms with van der Waals surface area (Å²) in [4.78, 5) is 72.9. The van der Waals surface area contributed by atoms with E-state index in [1.54, 1.807) is 47.4 Å². The molecule has 0 aliphatic carbocycles. The molecule has 2 aliphatic rings. The average Bonchev–Trinajstić information content (AvgIpc) is 3.95. The number of esters is 1. The van der Waals surface area contributed by atoms with Crippen molar-refractivity contribution in [1.29, 1.82) is 0 Å². The third-order valence-electron chi connectivity index (χ3n) is 9.88. The predicted molar refractivity (Wildman–Crippen MR) is 206 cm³/mol. The summed E-state index contributed by atoms with van der Waals surface area (Å²) in [5.74, 6) is -1.74. The van der Waals surface area contributed by atoms with Gasteiger partial charge in [0.2, 0.25) is 0 Å². The van der Waals surface area contributed by atoms with Crippen LogP contribution in [0.25, 0.3) is 32.6 Å². The van der Waals surface area contributed by atoms with E-state index in [9.17, 15) is 28.4 Å². The number of hydrogen-bond acceptors (Lipinski definition) is 6. The summed E-state index contributed by atoms with van der Waals surface area (Å²) in [6.45, 7) is 0.618. The van der Waals surface area contributed by atoms with Gasteiger partial charge in [-0.2, -0.15) is 0 Å². The van der Waals surface area contributed by atoms with Gasteiger partial charge in [-0.25, -0.2) is 4.39 Å². The number of nitrogens with one attached hydrogen (secondary N) is 3. The largest absolute Gasteiger partial charge is 0.426 e. The number of aromatic nitrogens is 2. The molecule has 0 saturated heterocycles. The Bertz CT molecular complexity index is 2550. The maximum absolute atomic E-state index is 14.2. The Morgan fingerprint density at radius 3 is 2.33 bits per heavy atom. The number of hydrogen-bond donors (Lipinski definition) is 3. The molecule has 0 saturated carbocycles. The van der Waals surface area contributed by atoms with Crippen molar-refractivity contribution >= 4 is 85.2 Å². The van der Waals surface area contributed by atoms with Crippen molar-refractivity contribution in [2.24, 2.45) is 0 Å². The van der Waals surface area contributed by atoms with Crippen molar-refractivity contribution in [2.45, 2.75) is 31.6 Å². The minimum absolute atomic E-state index is 0. The van der Waals surface area contributed by atoms with E-state index in [0.29, 0.717) is 77.0 Å². The van der Waals surface area contributed by atoms with Crippen molar-refractivity contribution in [2.75, 3.05) is 29.2 Å². The lowest BCUT2D eigenvalue weighted by molar-refractivity contribution is -0.137. The van der Waals surface area contributed by atoms with Crippen LogP contribution >= 0.6 is 11.6 Å². The summed E-state index contributed by atoms with van der Waals surface area (Å²) < 4.78 is 19.6. The maximum Gasteiger partial charge on any atom is 0.311 e. The molecule has 4 aromatic carbocycles. The zero-order chi connectivity index (χ0) is 37.5. The van der Waals surface area contributed by atoms with E-state index >= 15 is 0 Å². The third kappa shape index (κ3) is 6.60. The van der Waals surface area contributed by atoms with Gasteiger partial charge in [0, 0.05) is 83.8 Å². The van der Waals surface area contributed by atoms with E-state index in [-0.39, 0.29) is 43.1 Å². The average molecular weight is 748 g/mol. The Labute approximate surface area is 314 Å². The number of fused-ring (bicyclic) bond motifs is 5. The summed E-state index contributed by atoms with van der Waals surface area (Å²) in [5.41, 5.74) is 3.95. The number of alkyl halides is 1. The van der Waals surface area contributed by atoms with Crippen molar-refractivity contribution < 1.29 is 34.5 Å². The monoisotopic (exact) mass is 747 g/mol. The Morgan fingerprint density at radius 2 is 1.56 bits per heavy atom. The van der Waals surface area contributed by atoms with Gasteiger partial charge in [0.25, 0.3) is 23.6 Å². The van der Waals surface area contributed by atoms with Crippen LogP contribution < -0.4 is 15.0 Å². The number of unbranched alkanes of at least 4 members (excludes halogenated alkanes) is 2. The second-order valence-electron chi connectivity index (χ2n) is 13.4. The van der Waals surface area contributed by atoms with Gasteiger partial charge in [0.15, 0.2) is 0 Å². The molecule has 8 rings (SSSR count). The number of anilines is 2. The molecule has 2 aliphatic heterocycles. The van der Waals surface area contributed by atoms with E-state index in [1.165, 1.54) is 29.2 Å². The first kappa shape index (κ1) is 34.8. The van der Waals surface area contributed by atoms with Crippen LogP contribution in [0.3, 0.4) is 0 Å². The Hall–Kier alpha value is -6.27. The zero-order valence-electron chi connectivity index (χ0n) is 28.8. The quantitative estimate of drug-likeness (QED) is 0.0406. The van der Waals surface area contributed by atoms with Crippen LogP contribution in [-0.2, 0) is 14.4 Å². The second kappa shape index (κ2) is 14.3. The van der Waals surface area contributed by atoms with Gasteiger partial charge in [0.1, 0.15) is 23.0 Å². The second-order valence-corrected chi connectivity index (χ2v) is 13.7. The molecule has 54 heavy (non-hydrogen) atoms. The van der Waals surface area contributed by atoms with E-state index in [4.69, 9.17) is 16.3 Å². The molecular weight excluding hydrogens is 713 g/mol. The maximum atomic E-state index is 14.2. The molecule has 0 fully saturated rings. The number of imide groups is 1. The lowest BCUT2D eigenvalue weighted by atomic mass is 9.95. The highest BCUT2D eigenvalue weighted by Crippen LogP contribution is 2.46. The molecule has 4 amide bonds. The van der Waals surface area contributed by atoms with Crippen molar-refractivity contribution in [1.82, 2.24) is 14.9 Å². The van der Waals surface area contributed by atoms with Gasteiger partial charge in [-0.05, 0) is 72.3 Å². The smallest absolute Gasteiger partial charge is 0.311 e. The normalized spacial score (nSPS) is 15.2. The van der Waals surface area contributed by atoms with E-state index in [2.05, 4.69) is 15.3 Å². The number of halogens is 2. The summed E-state index contributed by atoms with van der Waals surface area (Å²) in [7, 11) is 0. The lowest BCUT2D eigenvalue weighted by Gasteiger charge is -2.18. The van der Waals surface area contributed by atoms with Crippen LogP contribution in [0.15, 0.2) is 91.0 Å². The van der Waals surface area contributed by atoms with Gasteiger partial charge < -0.3 is 24.9 Å². The Kier molecular flexibility index (Phi) is 9.20. The predicted octanol–water partition coefficient (Wildman–Crippen LogP) is 7.81. The number of carbonyl (C=O) groups is 5. The number of amides is 4. The van der Waals surface area contributed by atoms with Gasteiger partial charge >= 0.3 is 5.97 Å². The van der Waals surface area contributed by atoms with Gasteiger partial charge in [-0.1, -0.05) is 30.7 Å². The minimum atomic E-state index is -0.434. The van der Waals surface area contributed by atoms with Gasteiger partial charge in [-0.15, -0.1) is 11.6 Å². The molecule has 11 nitrogen and oxygen atoms in total. The zero-order valence-corrected chi connectivity index (χ0v) is 29.5. The summed E-state index contributed by atoms with van der Waals surface area (Å²) >= 11 is 6.49. The molecule has 0 spiro atoms. The minimum Gasteiger partial charge on any atom is -0.426 e. The SMILES string of the molecule is O=C(CCCCCN1C(=O)C=CC1=O)Oc1cc2c(c3ccccc13)[C@H](CCl)CN2C(=O)c1cc2cc(NC(=O)c3cc4cc(F)ccc4[nH]3)ccc2[nH]1.[HH]. The first-order valence-electron chi connectivity index (χ1n) is 17.6. The number of nitrogens with zero attached hydrogens (tertiary/aromatic N) is 2. The first-order valence-corrected chi connectivity index (χ1v) is 18.1. The van der Waals surface area contributed by atoms with Gasteiger partial charge in [-0.3, -0.25) is 28.9 Å². The van der Waals surface area contributed by atoms with Crippen LogP contribution in [0.4, 0.5) is 15.8 Å². The molecule has 1 atom stereocenters. The lowest BCUT2D eigenvalue weighted by Crippen LogP contribution is -2.30. The van der Waals surface area contributed by atoms with Crippen LogP contribution in [-0.4, -0.2) is 63.4 Å². The van der Waals surface area contributed by atoms with Crippen molar-refractivity contribution in [3.8, 4) is 5.75 Å². The van der Waals surface area contributed by atoms with Crippen LogP contribution in [0.5, 0.6) is 5.75 Å². The van der Waals surface area contributed by atoms with E-state index in [1.807, 2.05) is 24.3 Å². The number of benzene rings is 4. The highest BCUT2D eigenvalue weighted by molar-refractivity contribution is 6.19. The topological polar surface area (TPSA) is 145 Å². The third-order valence-corrected chi connectivity index (χ3v) is 10.3. The van der Waals surface area contributed by atoms with Gasteiger partial charge in [0.05, 0.1) is 5.69 Å². The molecule has 4 heterocycles. The molecule has 3 N–H and O–H groups in total. The summed E-state index contributed by atoms with van der Waals surface area (Å²) in [6, 6.07) is 22.1. The molecule has 0 radical (unpaired) electrons. The molecule has 13 heteroatoms. The molecule has 0 bridgehead atoms. The highest BCUT2D eigenvalue weighted by atomic mass is 35.5. The Balaban J connectivity index is 0.00000465. The first-order chi connectivity index (χ1) is 26.2. The number of ether oxygens (including phenoxy) is 1. The summed E-state index contributed by atoms with van der Waals surface area (Å²) in [5, 5.41) is 5.71. The Morgan fingerprint density at radius 1 is 0.852 bits per heavy atom. The standard InChI is InChI=1S/C41H33ClFN5O6.H2/c42-21-25-22-48(41(53)33-19-24-17-27(10-12-31(24)46-33)44-40(52)32-18-23-16-26(43)9-11-30(23)45-32)34-20-35(28-6-3-4-7-29(28)39(25)34)54-38(51)8-2-1-5-15-47-36(49)13-14-37(47)50;/h3-4,6-7,9-14,16-20,25,45-46H,1-2,5,8,15,21-22H2,(H,44,52);1H/t25-;/m1./s1. The van der Waals surface area contributed by atoms with Crippen molar-refractivity contribution in [3.05, 3.63) is 114 Å². The van der Waals surface area contributed by atoms with E-state index in [0.717, 1.165) is 16.3 Å². The van der Waals surface area contributed by atoms with E-state index < -0.39 is 17.7 Å². The molecule has 6 aromatic rings. The number of H-pyrrole nitrogens is 2. The number of rotatable bonds is 11. The number of carbonyl (C=O) groups excluding carboxylic acids is 5. The van der Waals surface area contributed by atoms with Crippen molar-refractivity contribution in [3.63, 3.8) is 0 Å². The van der Waals surface area contributed by atoms with Crippen LogP contribution in [0.1, 0.15) is 59.6 Å². The fourth-order valence-electron chi connectivity index (χ4n) is 7.25. The van der Waals surface area contributed by atoms with Crippen LogP contribution in [0, 0.1) is 5.82 Å². The fraction of sp³-hybridized carbons (Fsp3) is 0.195. The molecular formula is C41H35ClFN5O6. The fourth-order valence-corrected chi connectivity index (χ4v) is 7.50. The van der Waals surface area contributed by atoms with Crippen LogP contribution in [0.2, 0.25) is 0 Å². The molecule has 274 valence electrons.